The molecule has 2 aromatic rings. The Hall–Kier alpha value is -3.03. The van der Waals surface area contributed by atoms with Gasteiger partial charge in [0.15, 0.2) is 0 Å². The van der Waals surface area contributed by atoms with Crippen LogP contribution in [0.2, 0.25) is 0 Å². The summed E-state index contributed by atoms with van der Waals surface area (Å²) in [6, 6.07) is 4.19. The van der Waals surface area contributed by atoms with E-state index in [1.165, 1.54) is 48.1 Å². The number of methoxy groups -OCH3 is 1. The van der Waals surface area contributed by atoms with Gasteiger partial charge in [0.05, 0.1) is 35.8 Å². The van der Waals surface area contributed by atoms with E-state index in [0.29, 0.717) is 13.2 Å². The Balaban J connectivity index is 1.84. The average Bonchev–Trinajstić information content (AvgIpc) is 3.01. The average molecular weight is 453 g/mol. The van der Waals surface area contributed by atoms with E-state index < -0.39 is 20.9 Å². The second-order valence-corrected chi connectivity index (χ2v) is 8.80. The fourth-order valence-corrected chi connectivity index (χ4v) is 4.75. The van der Waals surface area contributed by atoms with Gasteiger partial charge in [0.1, 0.15) is 23.7 Å². The van der Waals surface area contributed by atoms with Crippen LogP contribution < -0.4 is 10.1 Å². The molecule has 1 aromatic heterocycles. The molecule has 1 N–H and O–H groups in total. The third-order valence-corrected chi connectivity index (χ3v) is 6.77. The molecule has 2 heterocycles. The van der Waals surface area contributed by atoms with Gasteiger partial charge in [0, 0.05) is 13.1 Å². The van der Waals surface area contributed by atoms with Gasteiger partial charge < -0.3 is 14.8 Å². The van der Waals surface area contributed by atoms with Crippen LogP contribution in [0.25, 0.3) is 0 Å². The Labute approximate surface area is 178 Å². The zero-order chi connectivity index (χ0) is 22.8. The van der Waals surface area contributed by atoms with Crippen molar-refractivity contribution < 1.29 is 27.6 Å². The SMILES string of the molecule is COc1ccc(S(=O)(=O)N2CCOCC2)cc1NC(=O)Cn1nc(C)c([N+](=O)[O-])c1C. The van der Waals surface area contributed by atoms with Crippen LogP contribution in [0.1, 0.15) is 11.4 Å². The minimum Gasteiger partial charge on any atom is -0.495 e. The van der Waals surface area contributed by atoms with Crippen LogP contribution in [0.4, 0.5) is 11.4 Å². The third-order valence-electron chi connectivity index (χ3n) is 4.87. The van der Waals surface area contributed by atoms with E-state index >= 15 is 0 Å². The summed E-state index contributed by atoms with van der Waals surface area (Å²) in [6.45, 7) is 3.81. The van der Waals surface area contributed by atoms with Crippen molar-refractivity contribution in [2.24, 2.45) is 0 Å². The summed E-state index contributed by atoms with van der Waals surface area (Å²) < 4.78 is 38.8. The predicted molar refractivity (Wildman–Crippen MR) is 110 cm³/mol. The highest BCUT2D eigenvalue weighted by Crippen LogP contribution is 2.29. The number of ether oxygens (including phenoxy) is 2. The van der Waals surface area contributed by atoms with Gasteiger partial charge in [-0.2, -0.15) is 9.40 Å². The molecule has 31 heavy (non-hydrogen) atoms. The summed E-state index contributed by atoms with van der Waals surface area (Å²) in [7, 11) is -2.37. The molecule has 1 aliphatic rings. The van der Waals surface area contributed by atoms with Crippen LogP contribution in [0, 0.1) is 24.0 Å². The number of hydrogen-bond acceptors (Lipinski definition) is 8. The van der Waals surface area contributed by atoms with Crippen molar-refractivity contribution in [3.05, 3.63) is 39.7 Å². The van der Waals surface area contributed by atoms with E-state index in [1.54, 1.807) is 0 Å². The van der Waals surface area contributed by atoms with Crippen LogP contribution in [-0.4, -0.2) is 66.7 Å². The lowest BCUT2D eigenvalue weighted by atomic mass is 10.3. The number of hydrogen-bond donors (Lipinski definition) is 1. The van der Waals surface area contributed by atoms with E-state index in [0.717, 1.165) is 0 Å². The fourth-order valence-electron chi connectivity index (χ4n) is 3.31. The number of rotatable bonds is 7. The number of nitro groups is 1. The Morgan fingerprint density at radius 3 is 2.58 bits per heavy atom. The summed E-state index contributed by atoms with van der Waals surface area (Å²) in [4.78, 5) is 23.2. The van der Waals surface area contributed by atoms with E-state index in [9.17, 15) is 23.3 Å². The summed E-state index contributed by atoms with van der Waals surface area (Å²) in [5.74, 6) is -0.270. The fraction of sp³-hybridized carbons (Fsp3) is 0.444. The third kappa shape index (κ3) is 4.68. The highest BCUT2D eigenvalue weighted by atomic mass is 32.2. The zero-order valence-electron chi connectivity index (χ0n) is 17.3. The van der Waals surface area contributed by atoms with Crippen LogP contribution in [0.3, 0.4) is 0 Å². The van der Waals surface area contributed by atoms with Gasteiger partial charge in [-0.1, -0.05) is 0 Å². The molecule has 0 atom stereocenters. The molecule has 1 saturated heterocycles. The maximum atomic E-state index is 12.9. The Bertz CT molecular complexity index is 1110. The number of aryl methyl sites for hydroxylation is 1. The van der Waals surface area contributed by atoms with Gasteiger partial charge in [0.25, 0.3) is 0 Å². The van der Waals surface area contributed by atoms with Gasteiger partial charge in [0.2, 0.25) is 15.9 Å². The maximum Gasteiger partial charge on any atom is 0.312 e. The first-order valence-corrected chi connectivity index (χ1v) is 10.8. The molecular formula is C18H23N5O7S. The zero-order valence-corrected chi connectivity index (χ0v) is 18.1. The monoisotopic (exact) mass is 453 g/mol. The van der Waals surface area contributed by atoms with E-state index in [-0.39, 0.29) is 53.0 Å². The molecule has 0 radical (unpaired) electrons. The molecule has 0 aliphatic carbocycles. The number of benzene rings is 1. The molecule has 168 valence electrons. The van der Waals surface area contributed by atoms with Crippen molar-refractivity contribution >= 4 is 27.3 Å². The Morgan fingerprint density at radius 1 is 1.32 bits per heavy atom. The lowest BCUT2D eigenvalue weighted by Crippen LogP contribution is -2.40. The first kappa shape index (κ1) is 22.7. The Kier molecular flexibility index (Phi) is 6.57. The quantitative estimate of drug-likeness (QED) is 0.484. The first-order valence-electron chi connectivity index (χ1n) is 9.39. The number of carbonyl (C=O) groups is 1. The van der Waals surface area contributed by atoms with Gasteiger partial charge in [-0.25, -0.2) is 8.42 Å². The van der Waals surface area contributed by atoms with Crippen molar-refractivity contribution in [1.82, 2.24) is 14.1 Å². The summed E-state index contributed by atoms with van der Waals surface area (Å²) >= 11 is 0. The highest BCUT2D eigenvalue weighted by molar-refractivity contribution is 7.89. The number of anilines is 1. The van der Waals surface area contributed by atoms with Crippen LogP contribution in [0.15, 0.2) is 23.1 Å². The smallest absolute Gasteiger partial charge is 0.312 e. The van der Waals surface area contributed by atoms with Crippen LogP contribution >= 0.6 is 0 Å². The van der Waals surface area contributed by atoms with E-state index in [1.807, 2.05) is 0 Å². The molecular weight excluding hydrogens is 430 g/mol. The van der Waals surface area contributed by atoms with Crippen LogP contribution in [-0.2, 0) is 26.1 Å². The van der Waals surface area contributed by atoms with Crippen LogP contribution in [0.5, 0.6) is 5.75 Å². The normalized spacial score (nSPS) is 14.9. The van der Waals surface area contributed by atoms with Gasteiger partial charge in [-0.15, -0.1) is 0 Å². The second kappa shape index (κ2) is 8.99. The molecule has 0 bridgehead atoms. The number of nitrogens with zero attached hydrogens (tertiary/aromatic N) is 4. The van der Waals surface area contributed by atoms with Crippen molar-refractivity contribution in [3.8, 4) is 5.75 Å². The molecule has 1 aromatic carbocycles. The lowest BCUT2D eigenvalue weighted by Gasteiger charge is -2.26. The van der Waals surface area contributed by atoms with Gasteiger partial charge >= 0.3 is 5.69 Å². The first-order chi connectivity index (χ1) is 14.6. The molecule has 0 unspecified atom stereocenters. The molecule has 1 aliphatic heterocycles. The minimum absolute atomic E-state index is 0.00671. The van der Waals surface area contributed by atoms with Crippen molar-refractivity contribution in [2.45, 2.75) is 25.3 Å². The van der Waals surface area contributed by atoms with Crippen molar-refractivity contribution in [2.75, 3.05) is 38.7 Å². The van der Waals surface area contributed by atoms with Gasteiger partial charge in [-0.05, 0) is 32.0 Å². The number of aromatic nitrogens is 2. The number of carbonyl (C=O) groups excluding carboxylic acids is 1. The number of sulfonamides is 1. The summed E-state index contributed by atoms with van der Waals surface area (Å²) in [6.07, 6.45) is 0. The topological polar surface area (TPSA) is 146 Å². The highest BCUT2D eigenvalue weighted by Gasteiger charge is 2.28. The molecule has 13 heteroatoms. The van der Waals surface area contributed by atoms with E-state index in [4.69, 9.17) is 9.47 Å². The molecule has 3 rings (SSSR count). The summed E-state index contributed by atoms with van der Waals surface area (Å²) in [5.41, 5.74) is 0.460. The summed E-state index contributed by atoms with van der Waals surface area (Å²) in [5, 5.41) is 17.8. The molecule has 0 saturated carbocycles. The molecule has 12 nitrogen and oxygen atoms in total. The number of nitrogens with one attached hydrogen (secondary N) is 1. The second-order valence-electron chi connectivity index (χ2n) is 6.86. The number of morpholine rings is 1. The minimum atomic E-state index is -3.77. The molecule has 0 spiro atoms. The lowest BCUT2D eigenvalue weighted by molar-refractivity contribution is -0.386. The molecule has 1 fully saturated rings. The van der Waals surface area contributed by atoms with E-state index in [2.05, 4.69) is 10.4 Å². The van der Waals surface area contributed by atoms with Crippen molar-refractivity contribution in [1.29, 1.82) is 0 Å². The largest absolute Gasteiger partial charge is 0.495 e. The standard InChI is InChI=1S/C18H23N5O7S/c1-12-18(23(25)26)13(2)22(20-12)11-17(24)19-15-10-14(4-5-16(15)29-3)31(27,28)21-6-8-30-9-7-21/h4-5,10H,6-9,11H2,1-3H3,(H,19,24). The van der Waals surface area contributed by atoms with Crippen molar-refractivity contribution in [3.63, 3.8) is 0 Å². The molecule has 1 amide bonds. The van der Waals surface area contributed by atoms with Gasteiger partial charge in [-0.3, -0.25) is 19.6 Å². The predicted octanol–water partition coefficient (Wildman–Crippen LogP) is 1.08. The number of amides is 1. The maximum absolute atomic E-state index is 12.9. The Morgan fingerprint density at radius 2 is 2.00 bits per heavy atom.